The third-order valence-electron chi connectivity index (χ3n) is 26.5. The van der Waals surface area contributed by atoms with Gasteiger partial charge in [0.2, 0.25) is 0 Å². The van der Waals surface area contributed by atoms with Gasteiger partial charge in [0.05, 0.1) is 0 Å². The zero-order valence-corrected chi connectivity index (χ0v) is 66.7. The molecule has 8 bridgehead atoms. The third-order valence-corrected chi connectivity index (χ3v) is 26.5. The van der Waals surface area contributed by atoms with Crippen LogP contribution in [0.2, 0.25) is 0 Å². The van der Waals surface area contributed by atoms with Gasteiger partial charge in [0.15, 0.2) is 0 Å². The van der Waals surface area contributed by atoms with Crippen LogP contribution in [0, 0.1) is 53.3 Å². The molecule has 0 saturated heterocycles. The fourth-order valence-electron chi connectivity index (χ4n) is 20.0. The zero-order valence-electron chi connectivity index (χ0n) is 66.7. The molecule has 568 valence electrons. The second-order valence-electron chi connectivity index (χ2n) is 35.6. The van der Waals surface area contributed by atoms with Crippen molar-refractivity contribution < 1.29 is 0 Å². The van der Waals surface area contributed by atoms with Gasteiger partial charge in [0.25, 0.3) is 0 Å². The van der Waals surface area contributed by atoms with Gasteiger partial charge in [-0.3, -0.25) is 0 Å². The van der Waals surface area contributed by atoms with Crippen LogP contribution in [0.1, 0.15) is 433 Å². The smallest absolute Gasteiger partial charge is 0.0163 e. The molecule has 14 saturated carbocycles. The Kier molecular flexibility index (Phi) is 46.5. The van der Waals surface area contributed by atoms with Crippen molar-refractivity contribution >= 4 is 0 Å². The van der Waals surface area contributed by atoms with Crippen LogP contribution in [0.4, 0.5) is 0 Å². The fourth-order valence-corrected chi connectivity index (χ4v) is 20.0. The molecule has 0 aromatic heterocycles. The SMILES string of the molecule is C1=C2CCC(C1)C2.C1=CCC=C1.C1=CCCC1.C1=CCCCC1.C1=CCCCCC1.C1C2CC3CC1CC(C2)C3.C1CC1.C1CC2CCC1C2.C1CCC1.C1CCC2CCCCC2C1.C1CCCC1.C1CCCCC1.C1CCCCCC1.c1ccc2c(c1)CCC2.c1ccc2c(c1)CCCC2. The highest BCUT2D eigenvalue weighted by molar-refractivity contribution is 5.31. The van der Waals surface area contributed by atoms with E-state index in [1.807, 2.05) is 0 Å². The third kappa shape index (κ3) is 39.9. The number of allylic oxidation sites excluding steroid dienone is 12. The molecule has 0 amide bonds. The number of hydrogen-bond acceptors (Lipinski definition) is 0. The Morgan fingerprint density at radius 1 is 0.208 bits per heavy atom. The lowest BCUT2D eigenvalue weighted by atomic mass is 9.56. The van der Waals surface area contributed by atoms with Gasteiger partial charge in [-0.15, -0.1) is 0 Å². The Morgan fingerprint density at radius 2 is 0.485 bits per heavy atom. The van der Waals surface area contributed by atoms with Gasteiger partial charge in [-0.1, -0.05) is 365 Å². The van der Waals surface area contributed by atoms with Crippen LogP contribution in [-0.2, 0) is 25.7 Å². The Labute approximate surface area is 629 Å². The molecule has 1 unspecified atom stereocenters. The lowest BCUT2D eigenvalue weighted by Gasteiger charge is -2.49. The molecule has 23 rings (SSSR count). The predicted molar refractivity (Wildman–Crippen MR) is 448 cm³/mol. The summed E-state index contributed by atoms with van der Waals surface area (Å²) in [4.78, 5) is 0. The van der Waals surface area contributed by atoms with Gasteiger partial charge in [0, 0.05) is 0 Å². The quantitative estimate of drug-likeness (QED) is 0.182. The highest BCUT2D eigenvalue weighted by Crippen LogP contribution is 2.53. The maximum Gasteiger partial charge on any atom is -0.0163 e. The molecule has 21 aliphatic carbocycles. The molecule has 0 nitrogen and oxygen atoms in total. The largest absolute Gasteiger partial charge is 0.0885 e. The Hall–Kier alpha value is -3.12. The second-order valence-corrected chi connectivity index (χ2v) is 35.6. The molecule has 0 aliphatic heterocycles. The van der Waals surface area contributed by atoms with Crippen LogP contribution in [0.25, 0.3) is 0 Å². The monoisotopic (exact) mass is 1380 g/mol. The summed E-state index contributed by atoms with van der Waals surface area (Å²) >= 11 is 0. The van der Waals surface area contributed by atoms with E-state index in [2.05, 4.69) is 115 Å². The standard InChI is InChI=1S/C10H16.C10H18.C10H12.C9H10.C7H12.C7H10.C7H14.C7H12.C6H12.C6H10.C5H10.C5H8.C5H6.C4H8.C3H6/c1-7-2-9-4-8(1)5-10(3-7)6-9;2*1-2-6-10-8-4-3-7-9(10)5-1;1-2-5-9-7-3-6-8(9)4-1;2*1-2-7-4-3-6(1)5-7;2*1-2-4-6-7-5-3-1;2*1-2-4-6-5-3-1;3*1-2-4-5-3-1;1-2-4-3-1;1-2-3-1/h7-10H,1-6H2;9-10H,1-8H2;1-2,5-6H,3-4,7-8H2;1-2,4-5H,3,6-7H2;6-7H,1-5H2;1,7H,2-5H2;1-7H2;1-2H,3-7H2;1-6H2;1-2H,3-6H2;1-5H2;1-2H,3-5H2;1-4H,5H2;1-4H2;1-3H2. The normalized spacial score (nSPS) is 29.2. The van der Waals surface area contributed by atoms with Gasteiger partial charge in [-0.05, 0) is 268 Å². The summed E-state index contributed by atoms with van der Waals surface area (Å²) in [6, 6.07) is 17.5. The molecule has 21 aliphatic rings. The van der Waals surface area contributed by atoms with E-state index >= 15 is 0 Å². The summed E-state index contributed by atoms with van der Waals surface area (Å²) in [6.45, 7) is 0. The van der Waals surface area contributed by atoms with E-state index in [-0.39, 0.29) is 0 Å². The Balaban J connectivity index is 0.000000139. The Morgan fingerprint density at radius 3 is 0.693 bits per heavy atom. The number of benzene rings is 2. The molecule has 0 radical (unpaired) electrons. The van der Waals surface area contributed by atoms with E-state index in [0.29, 0.717) is 0 Å². The number of fused-ring (bicyclic) bond motifs is 7. The topological polar surface area (TPSA) is 0 Å². The van der Waals surface area contributed by atoms with Gasteiger partial charge in [-0.25, -0.2) is 0 Å². The van der Waals surface area contributed by atoms with Crippen LogP contribution in [-0.4, -0.2) is 0 Å². The van der Waals surface area contributed by atoms with Crippen molar-refractivity contribution in [1.82, 2.24) is 0 Å². The minimum absolute atomic E-state index is 1.08. The molecule has 0 heterocycles. The summed E-state index contributed by atoms with van der Waals surface area (Å²) in [5.41, 5.74) is 8.03. The minimum atomic E-state index is 1.08. The molecule has 2 aromatic rings. The molecule has 1 atom stereocenters. The molecule has 0 heteroatoms. The van der Waals surface area contributed by atoms with E-state index < -0.39 is 0 Å². The van der Waals surface area contributed by atoms with E-state index in [1.165, 1.54) is 369 Å². The molecular weight excluding hydrogens is 1210 g/mol. The van der Waals surface area contributed by atoms with Crippen molar-refractivity contribution in [3.8, 4) is 0 Å². The number of aryl methyl sites for hydroxylation is 4. The predicted octanol–water partition coefficient (Wildman–Crippen LogP) is 32.9. The van der Waals surface area contributed by atoms with E-state index in [9.17, 15) is 0 Å². The first kappa shape index (κ1) is 83.5. The maximum absolute atomic E-state index is 2.42. The molecular formula is C101H164. The number of hydrogen-bond donors (Lipinski definition) is 0. The highest BCUT2D eigenvalue weighted by Gasteiger charge is 2.42. The highest BCUT2D eigenvalue weighted by atomic mass is 14.5. The summed E-state index contributed by atoms with van der Waals surface area (Å²) in [7, 11) is 0. The molecule has 0 spiro atoms. The van der Waals surface area contributed by atoms with Crippen LogP contribution in [0.5, 0.6) is 0 Å². The summed E-state index contributed by atoms with van der Waals surface area (Å²) < 4.78 is 0. The van der Waals surface area contributed by atoms with Crippen LogP contribution in [0.3, 0.4) is 0 Å². The van der Waals surface area contributed by atoms with Crippen molar-refractivity contribution in [2.24, 2.45) is 53.3 Å². The maximum atomic E-state index is 2.42. The molecule has 2 aromatic carbocycles. The van der Waals surface area contributed by atoms with E-state index in [1.54, 1.807) is 124 Å². The van der Waals surface area contributed by atoms with E-state index in [4.69, 9.17) is 0 Å². The first-order valence-electron chi connectivity index (χ1n) is 46.3. The van der Waals surface area contributed by atoms with Crippen molar-refractivity contribution in [3.63, 3.8) is 0 Å². The van der Waals surface area contributed by atoms with Gasteiger partial charge >= 0.3 is 0 Å². The molecule has 101 heavy (non-hydrogen) atoms. The summed E-state index contributed by atoms with van der Waals surface area (Å²) in [5, 5.41) is 0. The fraction of sp³-hybridized carbons (Fsp3) is 0.762. The van der Waals surface area contributed by atoms with Crippen molar-refractivity contribution in [1.29, 1.82) is 0 Å². The first-order chi connectivity index (χ1) is 50.2. The second kappa shape index (κ2) is 56.2. The van der Waals surface area contributed by atoms with Crippen molar-refractivity contribution in [3.05, 3.63) is 143 Å². The zero-order chi connectivity index (χ0) is 69.6. The Bertz CT molecular complexity index is 2250. The molecule has 14 fully saturated rings. The van der Waals surface area contributed by atoms with Crippen LogP contribution < -0.4 is 0 Å². The summed E-state index contributed by atoms with van der Waals surface area (Å²) in [5.74, 6) is 10.4. The first-order valence-corrected chi connectivity index (χ1v) is 46.3. The van der Waals surface area contributed by atoms with Gasteiger partial charge in [-0.2, -0.15) is 0 Å². The summed E-state index contributed by atoms with van der Waals surface area (Å²) in [6.07, 6.45) is 124. The lowest BCUT2D eigenvalue weighted by molar-refractivity contribution is 0.0198. The van der Waals surface area contributed by atoms with Crippen molar-refractivity contribution in [2.45, 2.75) is 437 Å². The van der Waals surface area contributed by atoms with Crippen LogP contribution >= 0.6 is 0 Å². The van der Waals surface area contributed by atoms with Gasteiger partial charge < -0.3 is 0 Å². The van der Waals surface area contributed by atoms with Crippen molar-refractivity contribution in [2.75, 3.05) is 0 Å². The molecule has 0 N–H and O–H groups in total. The van der Waals surface area contributed by atoms with Gasteiger partial charge in [0.1, 0.15) is 0 Å². The minimum Gasteiger partial charge on any atom is -0.0885 e. The number of rotatable bonds is 0. The lowest BCUT2D eigenvalue weighted by Crippen LogP contribution is -2.38. The average Bonchev–Trinajstić information content (AvgIpc) is 1.53. The van der Waals surface area contributed by atoms with Crippen LogP contribution in [0.15, 0.2) is 121 Å². The van der Waals surface area contributed by atoms with E-state index in [0.717, 1.165) is 24.2 Å². The average molecular weight is 1380 g/mol.